The molecule has 0 saturated carbocycles. The zero-order valence-corrected chi connectivity index (χ0v) is 17.7. The number of hydrogen-bond donors (Lipinski definition) is 0. The standard InChI is InChI=1S/C24H18BrN3O2/c25-17-12-13-21-16(15-17)7-6-14-27(21)24(30)22-19-10-4-5-11-20(19)23(29)28(26-22)18-8-2-1-3-9-18/h1-5,8-13,15H,6-7,14H2. The molecule has 1 amide bonds. The monoisotopic (exact) mass is 459 g/mol. The summed E-state index contributed by atoms with van der Waals surface area (Å²) in [7, 11) is 0. The van der Waals surface area contributed by atoms with Gasteiger partial charge in [0, 0.05) is 22.1 Å². The number of nitrogens with zero attached hydrogens (tertiary/aromatic N) is 3. The lowest BCUT2D eigenvalue weighted by Crippen LogP contribution is -2.37. The molecule has 0 saturated heterocycles. The Morgan fingerprint density at radius 3 is 2.47 bits per heavy atom. The molecule has 1 aliphatic rings. The lowest BCUT2D eigenvalue weighted by Gasteiger charge is -2.29. The van der Waals surface area contributed by atoms with Crippen LogP contribution in [0.2, 0.25) is 0 Å². The van der Waals surface area contributed by atoms with Crippen LogP contribution in [-0.4, -0.2) is 22.2 Å². The minimum absolute atomic E-state index is 0.195. The second kappa shape index (κ2) is 7.54. The summed E-state index contributed by atoms with van der Waals surface area (Å²) in [4.78, 5) is 28.6. The average molecular weight is 460 g/mol. The maximum absolute atomic E-state index is 13.7. The highest BCUT2D eigenvalue weighted by atomic mass is 79.9. The highest BCUT2D eigenvalue weighted by molar-refractivity contribution is 9.10. The summed E-state index contributed by atoms with van der Waals surface area (Å²) < 4.78 is 2.32. The molecule has 2 heterocycles. The van der Waals surface area contributed by atoms with E-state index in [9.17, 15) is 9.59 Å². The van der Waals surface area contributed by atoms with Crippen LogP contribution in [0.1, 0.15) is 22.5 Å². The Kier molecular flexibility index (Phi) is 4.71. The number of amides is 1. The number of rotatable bonds is 2. The molecule has 0 spiro atoms. The third-order valence-corrected chi connectivity index (χ3v) is 5.91. The normalized spacial score (nSPS) is 13.3. The number of fused-ring (bicyclic) bond motifs is 2. The molecular weight excluding hydrogens is 442 g/mol. The Morgan fingerprint density at radius 1 is 0.933 bits per heavy atom. The van der Waals surface area contributed by atoms with Crippen molar-refractivity contribution in [2.75, 3.05) is 11.4 Å². The van der Waals surface area contributed by atoms with Gasteiger partial charge in [0.05, 0.1) is 11.1 Å². The highest BCUT2D eigenvalue weighted by Gasteiger charge is 2.27. The molecule has 30 heavy (non-hydrogen) atoms. The number of aromatic nitrogens is 2. The number of para-hydroxylation sites is 1. The van der Waals surface area contributed by atoms with Crippen LogP contribution in [0, 0.1) is 0 Å². The van der Waals surface area contributed by atoms with E-state index in [0.29, 0.717) is 23.0 Å². The maximum atomic E-state index is 13.7. The molecule has 148 valence electrons. The molecule has 5 rings (SSSR count). The summed E-state index contributed by atoms with van der Waals surface area (Å²) in [5.74, 6) is -0.195. The fourth-order valence-corrected chi connectivity index (χ4v) is 4.40. The molecule has 0 unspecified atom stereocenters. The minimum atomic E-state index is -0.240. The first-order valence-corrected chi connectivity index (χ1v) is 10.6. The summed E-state index contributed by atoms with van der Waals surface area (Å²) in [6.07, 6.45) is 1.81. The zero-order chi connectivity index (χ0) is 20.7. The molecular formula is C24H18BrN3O2. The van der Waals surface area contributed by atoms with Crippen molar-refractivity contribution in [3.63, 3.8) is 0 Å². The smallest absolute Gasteiger partial charge is 0.279 e. The summed E-state index contributed by atoms with van der Waals surface area (Å²) >= 11 is 3.51. The van der Waals surface area contributed by atoms with Crippen LogP contribution >= 0.6 is 15.9 Å². The Hall–Kier alpha value is -3.25. The third kappa shape index (κ3) is 3.13. The van der Waals surface area contributed by atoms with Gasteiger partial charge in [-0.1, -0.05) is 52.3 Å². The number of benzene rings is 3. The van der Waals surface area contributed by atoms with Crippen LogP contribution in [0.15, 0.2) is 82.1 Å². The quantitative estimate of drug-likeness (QED) is 0.434. The van der Waals surface area contributed by atoms with Gasteiger partial charge in [-0.15, -0.1) is 0 Å². The lowest BCUT2D eigenvalue weighted by molar-refractivity contribution is 0.0980. The number of hydrogen-bond acceptors (Lipinski definition) is 3. The zero-order valence-electron chi connectivity index (χ0n) is 16.1. The van der Waals surface area contributed by atoms with E-state index in [1.807, 2.05) is 48.5 Å². The van der Waals surface area contributed by atoms with Gasteiger partial charge in [-0.05, 0) is 54.8 Å². The number of halogens is 1. The molecule has 0 bridgehead atoms. The summed E-state index contributed by atoms with van der Waals surface area (Å²) in [5, 5.41) is 5.59. The topological polar surface area (TPSA) is 55.2 Å². The van der Waals surface area contributed by atoms with Gasteiger partial charge in [0.1, 0.15) is 0 Å². The first-order valence-electron chi connectivity index (χ1n) is 9.81. The van der Waals surface area contributed by atoms with E-state index in [1.54, 1.807) is 23.1 Å². The van der Waals surface area contributed by atoms with E-state index in [-0.39, 0.29) is 17.2 Å². The Balaban J connectivity index is 1.71. The molecule has 0 atom stereocenters. The van der Waals surface area contributed by atoms with Crippen molar-refractivity contribution in [2.24, 2.45) is 0 Å². The maximum Gasteiger partial charge on any atom is 0.279 e. The molecule has 5 nitrogen and oxygen atoms in total. The molecule has 6 heteroatoms. The number of carbonyl (C=O) groups excluding carboxylic acids is 1. The Morgan fingerprint density at radius 2 is 1.67 bits per heavy atom. The van der Waals surface area contributed by atoms with Crippen molar-refractivity contribution < 1.29 is 4.79 Å². The second-order valence-corrected chi connectivity index (χ2v) is 8.20. The van der Waals surface area contributed by atoms with Gasteiger partial charge in [0.2, 0.25) is 0 Å². The van der Waals surface area contributed by atoms with E-state index >= 15 is 0 Å². The van der Waals surface area contributed by atoms with E-state index in [0.717, 1.165) is 28.6 Å². The molecule has 0 fully saturated rings. The summed E-state index contributed by atoms with van der Waals surface area (Å²) in [6, 6.07) is 22.3. The lowest BCUT2D eigenvalue weighted by atomic mass is 10.0. The Labute approximate surface area is 181 Å². The van der Waals surface area contributed by atoms with Crippen molar-refractivity contribution in [1.82, 2.24) is 9.78 Å². The fourth-order valence-electron chi connectivity index (χ4n) is 4.00. The fraction of sp³-hybridized carbons (Fsp3) is 0.125. The summed E-state index contributed by atoms with van der Waals surface area (Å²) in [6.45, 7) is 0.619. The number of aryl methyl sites for hydroxylation is 1. The molecule has 0 radical (unpaired) electrons. The van der Waals surface area contributed by atoms with Gasteiger partial charge in [0.15, 0.2) is 5.69 Å². The van der Waals surface area contributed by atoms with Crippen molar-refractivity contribution in [3.05, 3.63) is 98.9 Å². The van der Waals surface area contributed by atoms with Crippen molar-refractivity contribution >= 4 is 38.3 Å². The van der Waals surface area contributed by atoms with Gasteiger partial charge < -0.3 is 4.90 Å². The predicted octanol–water partition coefficient (Wildman–Crippen LogP) is 4.74. The van der Waals surface area contributed by atoms with Crippen LogP contribution in [0.3, 0.4) is 0 Å². The second-order valence-electron chi connectivity index (χ2n) is 7.28. The van der Waals surface area contributed by atoms with Crippen LogP contribution in [0.25, 0.3) is 16.5 Å². The van der Waals surface area contributed by atoms with Crippen molar-refractivity contribution in [1.29, 1.82) is 0 Å². The summed E-state index contributed by atoms with van der Waals surface area (Å²) in [5.41, 5.74) is 2.70. The molecule has 3 aromatic carbocycles. The van der Waals surface area contributed by atoms with Crippen LogP contribution in [0.4, 0.5) is 5.69 Å². The van der Waals surface area contributed by atoms with Gasteiger partial charge in [-0.2, -0.15) is 9.78 Å². The van der Waals surface area contributed by atoms with Crippen LogP contribution in [-0.2, 0) is 6.42 Å². The van der Waals surface area contributed by atoms with Gasteiger partial charge >= 0.3 is 0 Å². The largest absolute Gasteiger partial charge is 0.307 e. The van der Waals surface area contributed by atoms with Crippen molar-refractivity contribution in [3.8, 4) is 5.69 Å². The molecule has 0 aliphatic carbocycles. The number of carbonyl (C=O) groups is 1. The third-order valence-electron chi connectivity index (χ3n) is 5.41. The molecule has 1 aromatic heterocycles. The highest BCUT2D eigenvalue weighted by Crippen LogP contribution is 2.31. The van der Waals surface area contributed by atoms with E-state index in [2.05, 4.69) is 27.1 Å². The number of anilines is 1. The first-order chi connectivity index (χ1) is 14.6. The van der Waals surface area contributed by atoms with Crippen LogP contribution < -0.4 is 10.5 Å². The van der Waals surface area contributed by atoms with Gasteiger partial charge in [-0.25, -0.2) is 0 Å². The minimum Gasteiger partial charge on any atom is -0.307 e. The van der Waals surface area contributed by atoms with Crippen molar-refractivity contribution in [2.45, 2.75) is 12.8 Å². The van der Waals surface area contributed by atoms with Gasteiger partial charge in [0.25, 0.3) is 11.5 Å². The average Bonchev–Trinajstić information content (AvgIpc) is 2.79. The van der Waals surface area contributed by atoms with Crippen LogP contribution in [0.5, 0.6) is 0 Å². The predicted molar refractivity (Wildman–Crippen MR) is 121 cm³/mol. The molecule has 4 aromatic rings. The SMILES string of the molecule is O=C(c1nn(-c2ccccc2)c(=O)c2ccccc12)N1CCCc2cc(Br)ccc21. The van der Waals surface area contributed by atoms with E-state index in [1.165, 1.54) is 4.68 Å². The molecule has 1 aliphatic heterocycles. The van der Waals surface area contributed by atoms with E-state index < -0.39 is 0 Å². The first kappa shape index (κ1) is 18.8. The van der Waals surface area contributed by atoms with E-state index in [4.69, 9.17) is 0 Å². The Bertz CT molecular complexity index is 1330. The molecule has 0 N–H and O–H groups in total. The van der Waals surface area contributed by atoms with Gasteiger partial charge in [-0.3, -0.25) is 9.59 Å².